The molecule has 146 valence electrons. The summed E-state index contributed by atoms with van der Waals surface area (Å²) in [6.07, 6.45) is 7.97. The molecule has 0 bridgehead atoms. The van der Waals surface area contributed by atoms with Gasteiger partial charge in [0.15, 0.2) is 5.82 Å². The largest absolute Gasteiger partial charge is 0.508 e. The first kappa shape index (κ1) is 17.6. The summed E-state index contributed by atoms with van der Waals surface area (Å²) < 4.78 is 1.77. The van der Waals surface area contributed by atoms with Crippen LogP contribution in [-0.4, -0.2) is 43.2 Å². The number of nitrogens with zero attached hydrogens (tertiary/aromatic N) is 6. The molecule has 29 heavy (non-hydrogen) atoms. The molecule has 0 fully saturated rings. The van der Waals surface area contributed by atoms with E-state index >= 15 is 0 Å². The highest BCUT2D eigenvalue weighted by Gasteiger charge is 2.35. The van der Waals surface area contributed by atoms with Gasteiger partial charge in [-0.2, -0.15) is 10.1 Å². The Labute approximate surface area is 169 Å². The van der Waals surface area contributed by atoms with Gasteiger partial charge in [0.2, 0.25) is 0 Å². The lowest BCUT2D eigenvalue weighted by atomic mass is 9.99. The quantitative estimate of drug-likeness (QED) is 0.745. The molecule has 3 aromatic rings. The van der Waals surface area contributed by atoms with E-state index in [9.17, 15) is 5.11 Å². The maximum Gasteiger partial charge on any atom is 0.272 e. The van der Waals surface area contributed by atoms with Crippen molar-refractivity contribution >= 4 is 11.4 Å². The van der Waals surface area contributed by atoms with Gasteiger partial charge in [0.1, 0.15) is 11.4 Å². The summed E-state index contributed by atoms with van der Waals surface area (Å²) in [4.78, 5) is 6.98. The smallest absolute Gasteiger partial charge is 0.272 e. The summed E-state index contributed by atoms with van der Waals surface area (Å²) in [6.45, 7) is 4.00. The first-order valence-electron chi connectivity index (χ1n) is 9.71. The van der Waals surface area contributed by atoms with Crippen molar-refractivity contribution in [3.05, 3.63) is 70.7 Å². The summed E-state index contributed by atoms with van der Waals surface area (Å²) in [5, 5.41) is 23.3. The van der Waals surface area contributed by atoms with E-state index in [1.807, 2.05) is 26.0 Å². The molecular weight excluding hydrogens is 364 g/mol. The number of benzene rings is 1. The highest BCUT2D eigenvalue weighted by molar-refractivity contribution is 5.85. The number of likely N-dealkylation sites (N-methyl/N-ethyl adjacent to an activating group) is 1. The van der Waals surface area contributed by atoms with E-state index in [4.69, 9.17) is 4.98 Å². The Morgan fingerprint density at radius 1 is 1.21 bits per heavy atom. The van der Waals surface area contributed by atoms with E-state index in [-0.39, 0.29) is 11.8 Å². The summed E-state index contributed by atoms with van der Waals surface area (Å²) in [7, 11) is 2.05. The lowest BCUT2D eigenvalue weighted by Crippen LogP contribution is -2.27. The van der Waals surface area contributed by atoms with Crippen LogP contribution >= 0.6 is 0 Å². The molecule has 3 heterocycles. The van der Waals surface area contributed by atoms with E-state index in [1.54, 1.807) is 16.8 Å². The number of fused-ring (bicyclic) bond motifs is 3. The minimum absolute atomic E-state index is 0.268. The van der Waals surface area contributed by atoms with E-state index in [0.717, 1.165) is 40.4 Å². The number of phenolic OH excluding ortho intramolecular Hbond substituents is 1. The summed E-state index contributed by atoms with van der Waals surface area (Å²) >= 11 is 0. The van der Waals surface area contributed by atoms with Gasteiger partial charge >= 0.3 is 0 Å². The number of phenols is 1. The van der Waals surface area contributed by atoms with Crippen molar-refractivity contribution in [1.82, 2.24) is 25.0 Å². The molecule has 0 spiro atoms. The standard InChI is InChI=1S/C22H22N6O/c1-13-18(12-15-7-6-8-16(29)11-15)14(2)28(26-13)22-23-21-20(24-25-22)17-9-4-5-10-19(17)27(21)3/h4-9,11,19,29H,10,12H2,1-3H3. The van der Waals surface area contributed by atoms with Crippen LogP contribution in [0.15, 0.2) is 42.5 Å². The van der Waals surface area contributed by atoms with E-state index in [2.05, 4.69) is 45.5 Å². The van der Waals surface area contributed by atoms with Gasteiger partial charge in [0.05, 0.1) is 11.7 Å². The maximum absolute atomic E-state index is 9.75. The highest BCUT2D eigenvalue weighted by atomic mass is 16.3. The monoisotopic (exact) mass is 386 g/mol. The fourth-order valence-corrected chi connectivity index (χ4v) is 4.20. The predicted molar refractivity (Wildman–Crippen MR) is 111 cm³/mol. The number of allylic oxidation sites excluding steroid dienone is 2. The average Bonchev–Trinajstić information content (AvgIpc) is 3.17. The molecule has 0 saturated carbocycles. The van der Waals surface area contributed by atoms with Gasteiger partial charge in [-0.1, -0.05) is 30.4 Å². The molecule has 2 aliphatic rings. The molecule has 2 aromatic heterocycles. The molecule has 7 heteroatoms. The Morgan fingerprint density at radius 3 is 2.90 bits per heavy atom. The van der Waals surface area contributed by atoms with Crippen LogP contribution in [0.4, 0.5) is 5.82 Å². The molecule has 1 atom stereocenters. The van der Waals surface area contributed by atoms with Crippen molar-refractivity contribution in [2.24, 2.45) is 0 Å². The lowest BCUT2D eigenvalue weighted by Gasteiger charge is -2.22. The summed E-state index contributed by atoms with van der Waals surface area (Å²) in [6, 6.07) is 7.58. The average molecular weight is 386 g/mol. The molecule has 1 aliphatic heterocycles. The van der Waals surface area contributed by atoms with Gasteiger partial charge in [-0.25, -0.2) is 4.68 Å². The molecule has 0 amide bonds. The van der Waals surface area contributed by atoms with Gasteiger partial charge in [0.25, 0.3) is 5.95 Å². The fourth-order valence-electron chi connectivity index (χ4n) is 4.20. The molecule has 0 saturated heterocycles. The molecule has 1 aromatic carbocycles. The Bertz CT molecular complexity index is 1180. The normalized spacial score (nSPS) is 17.3. The van der Waals surface area contributed by atoms with Crippen molar-refractivity contribution in [3.63, 3.8) is 0 Å². The van der Waals surface area contributed by atoms with E-state index < -0.39 is 0 Å². The number of hydrogen-bond donors (Lipinski definition) is 1. The van der Waals surface area contributed by atoms with Gasteiger partial charge in [-0.3, -0.25) is 0 Å². The number of rotatable bonds is 3. The second kappa shape index (κ2) is 6.55. The van der Waals surface area contributed by atoms with E-state index in [0.29, 0.717) is 12.4 Å². The van der Waals surface area contributed by atoms with Crippen LogP contribution < -0.4 is 4.90 Å². The zero-order valence-corrected chi connectivity index (χ0v) is 16.7. The van der Waals surface area contributed by atoms with Crippen LogP contribution in [0.25, 0.3) is 11.5 Å². The minimum atomic E-state index is 0.268. The molecule has 5 rings (SSSR count). The topological polar surface area (TPSA) is 80.0 Å². The van der Waals surface area contributed by atoms with Gasteiger partial charge in [-0.15, -0.1) is 10.2 Å². The predicted octanol–water partition coefficient (Wildman–Crippen LogP) is 3.13. The van der Waals surface area contributed by atoms with Crippen molar-refractivity contribution < 1.29 is 5.11 Å². The summed E-state index contributed by atoms with van der Waals surface area (Å²) in [5.74, 6) is 1.59. The van der Waals surface area contributed by atoms with Crippen LogP contribution in [-0.2, 0) is 6.42 Å². The maximum atomic E-state index is 9.75. The third-order valence-corrected chi connectivity index (χ3v) is 5.78. The highest BCUT2D eigenvalue weighted by Crippen LogP contribution is 2.39. The van der Waals surface area contributed by atoms with Crippen LogP contribution in [0.1, 0.15) is 34.6 Å². The van der Waals surface area contributed by atoms with Crippen LogP contribution in [0.2, 0.25) is 0 Å². The molecule has 7 nitrogen and oxygen atoms in total. The van der Waals surface area contributed by atoms with Crippen molar-refractivity contribution in [3.8, 4) is 11.7 Å². The number of hydrogen-bond acceptors (Lipinski definition) is 6. The first-order chi connectivity index (χ1) is 14.0. The fraction of sp³-hybridized carbons (Fsp3) is 0.273. The zero-order chi connectivity index (χ0) is 20.1. The number of anilines is 1. The SMILES string of the molecule is Cc1nn(-c2nnc3c(n2)N(C)C2CC=CC=C32)c(C)c1Cc1cccc(O)c1. The van der Waals surface area contributed by atoms with Crippen LogP contribution in [0.5, 0.6) is 5.75 Å². The number of aryl methyl sites for hydroxylation is 1. The first-order valence-corrected chi connectivity index (χ1v) is 9.71. The van der Waals surface area contributed by atoms with Crippen molar-refractivity contribution in [1.29, 1.82) is 0 Å². The third kappa shape index (κ3) is 2.81. The second-order valence-electron chi connectivity index (χ2n) is 7.60. The Balaban J connectivity index is 1.53. The lowest BCUT2D eigenvalue weighted by molar-refractivity contribution is 0.474. The molecule has 0 radical (unpaired) electrons. The molecule has 1 aliphatic carbocycles. The van der Waals surface area contributed by atoms with Crippen molar-refractivity contribution in [2.75, 3.05) is 11.9 Å². The second-order valence-corrected chi connectivity index (χ2v) is 7.60. The van der Waals surface area contributed by atoms with Crippen LogP contribution in [0, 0.1) is 13.8 Å². The Kier molecular flexibility index (Phi) is 3.97. The molecule has 1 unspecified atom stereocenters. The summed E-state index contributed by atoms with van der Waals surface area (Å²) in [5.41, 5.74) is 6.07. The molecular formula is C22H22N6O. The van der Waals surface area contributed by atoms with Gasteiger partial charge < -0.3 is 10.0 Å². The zero-order valence-electron chi connectivity index (χ0n) is 16.7. The number of aromatic hydroxyl groups is 1. The molecule has 1 N–H and O–H groups in total. The van der Waals surface area contributed by atoms with Gasteiger partial charge in [-0.05, 0) is 38.0 Å². The van der Waals surface area contributed by atoms with Crippen LogP contribution in [0.3, 0.4) is 0 Å². The minimum Gasteiger partial charge on any atom is -0.508 e. The van der Waals surface area contributed by atoms with Gasteiger partial charge in [0, 0.05) is 30.3 Å². The van der Waals surface area contributed by atoms with E-state index in [1.165, 1.54) is 5.57 Å². The Morgan fingerprint density at radius 2 is 2.07 bits per heavy atom. The van der Waals surface area contributed by atoms with Crippen molar-refractivity contribution in [2.45, 2.75) is 32.7 Å². The third-order valence-electron chi connectivity index (χ3n) is 5.78. The number of aromatic nitrogens is 5. The Hall–Kier alpha value is -3.48.